The van der Waals surface area contributed by atoms with E-state index in [0.29, 0.717) is 10.0 Å². The van der Waals surface area contributed by atoms with Crippen molar-refractivity contribution in [2.45, 2.75) is 6.04 Å². The van der Waals surface area contributed by atoms with E-state index in [-0.39, 0.29) is 11.1 Å². The molecule has 0 aliphatic rings. The van der Waals surface area contributed by atoms with Gasteiger partial charge in [-0.05, 0) is 51.0 Å². The molecule has 6 heteroatoms. The molecule has 1 unspecified atom stereocenters. The van der Waals surface area contributed by atoms with Crippen molar-refractivity contribution in [3.63, 3.8) is 0 Å². The van der Waals surface area contributed by atoms with E-state index in [0.717, 1.165) is 9.35 Å². The van der Waals surface area contributed by atoms with Crippen LogP contribution in [0.5, 0.6) is 0 Å². The molecule has 1 atom stereocenters. The van der Waals surface area contributed by atoms with Gasteiger partial charge in [0.1, 0.15) is 5.82 Å². The summed E-state index contributed by atoms with van der Waals surface area (Å²) in [5, 5.41) is 5.20. The van der Waals surface area contributed by atoms with Crippen LogP contribution in [0.15, 0.2) is 32.5 Å². The quantitative estimate of drug-likeness (QED) is 0.667. The minimum atomic E-state index is -0.394. The van der Waals surface area contributed by atoms with Crippen molar-refractivity contribution in [3.05, 3.63) is 53.8 Å². The van der Waals surface area contributed by atoms with Gasteiger partial charge in [-0.3, -0.25) is 0 Å². The molecule has 0 saturated heterocycles. The summed E-state index contributed by atoms with van der Waals surface area (Å²) in [7, 11) is 1.80. The third-order valence-corrected chi connectivity index (χ3v) is 5.55. The lowest BCUT2D eigenvalue weighted by atomic mass is 10.1. The monoisotopic (exact) mass is 411 g/mol. The first-order chi connectivity index (χ1) is 8.54. The number of halogens is 4. The SMILES string of the molecule is CNC(c1cc(Br)cs1)c1ccc(Br)c(Cl)c1F. The van der Waals surface area contributed by atoms with E-state index < -0.39 is 5.82 Å². The number of rotatable bonds is 3. The van der Waals surface area contributed by atoms with Gasteiger partial charge in [-0.15, -0.1) is 11.3 Å². The minimum absolute atomic E-state index is 0.114. The van der Waals surface area contributed by atoms with Crippen LogP contribution in [-0.4, -0.2) is 7.05 Å². The fraction of sp³-hybridized carbons (Fsp3) is 0.167. The van der Waals surface area contributed by atoms with Gasteiger partial charge in [-0.25, -0.2) is 4.39 Å². The van der Waals surface area contributed by atoms with E-state index >= 15 is 0 Å². The summed E-state index contributed by atoms with van der Waals surface area (Å²) < 4.78 is 15.7. The molecule has 96 valence electrons. The average Bonchev–Trinajstić information content (AvgIpc) is 2.77. The van der Waals surface area contributed by atoms with Crippen LogP contribution in [0.3, 0.4) is 0 Å². The van der Waals surface area contributed by atoms with E-state index in [2.05, 4.69) is 37.2 Å². The lowest BCUT2D eigenvalue weighted by Gasteiger charge is -2.16. The molecule has 0 saturated carbocycles. The summed E-state index contributed by atoms with van der Waals surface area (Å²) in [5.74, 6) is -0.394. The highest BCUT2D eigenvalue weighted by Crippen LogP contribution is 2.35. The van der Waals surface area contributed by atoms with E-state index in [1.165, 1.54) is 0 Å². The summed E-state index contributed by atoms with van der Waals surface area (Å²) in [6.45, 7) is 0. The lowest BCUT2D eigenvalue weighted by Crippen LogP contribution is -2.18. The Labute approximate surface area is 131 Å². The molecule has 0 radical (unpaired) electrons. The van der Waals surface area contributed by atoms with Crippen LogP contribution in [0.1, 0.15) is 16.5 Å². The van der Waals surface area contributed by atoms with Gasteiger partial charge in [0, 0.05) is 24.8 Å². The predicted molar refractivity (Wildman–Crippen MR) is 82.0 cm³/mol. The molecule has 1 aromatic carbocycles. The van der Waals surface area contributed by atoms with Crippen LogP contribution in [0.2, 0.25) is 5.02 Å². The molecule has 0 aliphatic carbocycles. The first-order valence-corrected chi connectivity index (χ1v) is 7.93. The van der Waals surface area contributed by atoms with Gasteiger partial charge in [0.25, 0.3) is 0 Å². The molecule has 0 bridgehead atoms. The Kier molecular flexibility index (Phi) is 4.83. The van der Waals surface area contributed by atoms with Crippen molar-refractivity contribution in [1.29, 1.82) is 0 Å². The van der Waals surface area contributed by atoms with Gasteiger partial charge in [0.15, 0.2) is 0 Å². The Morgan fingerprint density at radius 1 is 1.39 bits per heavy atom. The zero-order chi connectivity index (χ0) is 13.3. The molecule has 1 heterocycles. The van der Waals surface area contributed by atoms with Gasteiger partial charge in [0.05, 0.1) is 11.1 Å². The third kappa shape index (κ3) is 2.80. The molecular formula is C12H9Br2ClFNS. The second kappa shape index (κ2) is 6.01. The van der Waals surface area contributed by atoms with Gasteiger partial charge < -0.3 is 5.32 Å². The van der Waals surface area contributed by atoms with Crippen molar-refractivity contribution in [1.82, 2.24) is 5.32 Å². The number of hydrogen-bond donors (Lipinski definition) is 1. The van der Waals surface area contributed by atoms with E-state index in [1.54, 1.807) is 30.5 Å². The second-order valence-electron chi connectivity index (χ2n) is 3.65. The molecule has 1 N–H and O–H groups in total. The zero-order valence-electron chi connectivity index (χ0n) is 9.31. The summed E-state index contributed by atoms with van der Waals surface area (Å²) in [5.41, 5.74) is 0.542. The molecule has 18 heavy (non-hydrogen) atoms. The molecule has 1 nitrogen and oxygen atoms in total. The van der Waals surface area contributed by atoms with Crippen molar-refractivity contribution in [2.75, 3.05) is 7.05 Å². The highest BCUT2D eigenvalue weighted by Gasteiger charge is 2.20. The van der Waals surface area contributed by atoms with Crippen LogP contribution in [0.25, 0.3) is 0 Å². The molecule has 0 aliphatic heterocycles. The average molecular weight is 414 g/mol. The summed E-state index contributed by atoms with van der Waals surface area (Å²) in [6.07, 6.45) is 0. The number of hydrogen-bond acceptors (Lipinski definition) is 2. The fourth-order valence-corrected chi connectivity index (χ4v) is 3.74. The first kappa shape index (κ1) is 14.5. The Bertz CT molecular complexity index is 573. The second-order valence-corrected chi connectivity index (χ2v) is 6.74. The normalized spacial score (nSPS) is 12.7. The Morgan fingerprint density at radius 3 is 2.67 bits per heavy atom. The highest BCUT2D eigenvalue weighted by molar-refractivity contribution is 9.10. The lowest BCUT2D eigenvalue weighted by molar-refractivity contribution is 0.579. The molecule has 2 aromatic rings. The van der Waals surface area contributed by atoms with Crippen molar-refractivity contribution in [3.8, 4) is 0 Å². The summed E-state index contributed by atoms with van der Waals surface area (Å²) >= 11 is 14.1. The maximum atomic E-state index is 14.2. The minimum Gasteiger partial charge on any atom is -0.309 e. The van der Waals surface area contributed by atoms with Crippen LogP contribution in [-0.2, 0) is 0 Å². The van der Waals surface area contributed by atoms with Crippen molar-refractivity contribution >= 4 is 54.8 Å². The molecule has 1 aromatic heterocycles. The fourth-order valence-electron chi connectivity index (χ4n) is 1.69. The summed E-state index contributed by atoms with van der Waals surface area (Å²) in [4.78, 5) is 1.03. The van der Waals surface area contributed by atoms with Crippen molar-refractivity contribution < 1.29 is 4.39 Å². The maximum absolute atomic E-state index is 14.2. The van der Waals surface area contributed by atoms with Gasteiger partial charge in [-0.2, -0.15) is 0 Å². The molecule has 2 rings (SSSR count). The van der Waals surface area contributed by atoms with Crippen LogP contribution in [0.4, 0.5) is 4.39 Å². The van der Waals surface area contributed by atoms with Crippen LogP contribution < -0.4 is 5.32 Å². The number of thiophene rings is 1. The molecular weight excluding hydrogens is 404 g/mol. The van der Waals surface area contributed by atoms with Gasteiger partial charge >= 0.3 is 0 Å². The first-order valence-electron chi connectivity index (χ1n) is 5.09. The van der Waals surface area contributed by atoms with E-state index in [1.807, 2.05) is 11.4 Å². The smallest absolute Gasteiger partial charge is 0.148 e. The van der Waals surface area contributed by atoms with Crippen LogP contribution in [0, 0.1) is 5.82 Å². The van der Waals surface area contributed by atoms with Crippen molar-refractivity contribution in [2.24, 2.45) is 0 Å². The Balaban J connectivity index is 2.49. The Morgan fingerprint density at radius 2 is 2.11 bits per heavy atom. The summed E-state index contributed by atoms with van der Waals surface area (Å²) in [6, 6.07) is 5.27. The van der Waals surface area contributed by atoms with Gasteiger partial charge in [0.2, 0.25) is 0 Å². The predicted octanol–water partition coefficient (Wildman–Crippen LogP) is 5.37. The molecule has 0 amide bonds. The Hall–Kier alpha value is 0.0600. The largest absolute Gasteiger partial charge is 0.309 e. The number of benzene rings is 1. The van der Waals surface area contributed by atoms with E-state index in [4.69, 9.17) is 11.6 Å². The third-order valence-electron chi connectivity index (χ3n) is 2.54. The molecule has 0 spiro atoms. The van der Waals surface area contributed by atoms with E-state index in [9.17, 15) is 4.39 Å². The van der Waals surface area contributed by atoms with Crippen LogP contribution >= 0.6 is 54.8 Å². The molecule has 0 fully saturated rings. The topological polar surface area (TPSA) is 12.0 Å². The highest BCUT2D eigenvalue weighted by atomic mass is 79.9. The van der Waals surface area contributed by atoms with Gasteiger partial charge in [-0.1, -0.05) is 17.7 Å². The maximum Gasteiger partial charge on any atom is 0.148 e. The standard InChI is InChI=1S/C12H9Br2ClFNS/c1-17-12(9-4-6(13)5-18-9)7-2-3-8(14)10(15)11(7)16/h2-5,12,17H,1H3. The zero-order valence-corrected chi connectivity index (χ0v) is 14.1. The number of nitrogens with one attached hydrogen (secondary N) is 1.